The lowest BCUT2D eigenvalue weighted by Gasteiger charge is -2.17. The number of hydrogen-bond donors (Lipinski definition) is 1. The van der Waals surface area contributed by atoms with Crippen LogP contribution in [0.5, 0.6) is 0 Å². The van der Waals surface area contributed by atoms with Crippen molar-refractivity contribution in [2.45, 2.75) is 43.8 Å². The lowest BCUT2D eigenvalue weighted by atomic mass is 10.0. The van der Waals surface area contributed by atoms with E-state index in [1.165, 1.54) is 25.7 Å². The second kappa shape index (κ2) is 5.64. The van der Waals surface area contributed by atoms with E-state index < -0.39 is 0 Å². The van der Waals surface area contributed by atoms with E-state index in [2.05, 4.69) is 9.97 Å². The number of aromatic nitrogens is 2. The number of thioether (sulfide) groups is 1. The van der Waals surface area contributed by atoms with Crippen LogP contribution in [0.1, 0.15) is 31.4 Å². The Kier molecular flexibility index (Phi) is 4.18. The average Bonchev–Trinajstić information content (AvgIpc) is 2.79. The van der Waals surface area contributed by atoms with E-state index >= 15 is 0 Å². The summed E-state index contributed by atoms with van der Waals surface area (Å²) in [6.07, 6.45) is 7.12. The fourth-order valence-corrected chi connectivity index (χ4v) is 3.15. The van der Waals surface area contributed by atoms with Crippen LogP contribution in [-0.4, -0.2) is 21.8 Å². The normalized spacial score (nSPS) is 18.9. The molecule has 0 amide bonds. The molecule has 0 aliphatic heterocycles. The molecule has 1 aromatic rings. The van der Waals surface area contributed by atoms with Crippen LogP contribution >= 0.6 is 11.8 Å². The number of rotatable bonds is 4. The van der Waals surface area contributed by atoms with E-state index in [4.69, 9.17) is 5.73 Å². The van der Waals surface area contributed by atoms with E-state index in [9.17, 15) is 0 Å². The van der Waals surface area contributed by atoms with E-state index in [1.807, 2.05) is 19.2 Å². The summed E-state index contributed by atoms with van der Waals surface area (Å²) in [5.41, 5.74) is 7.21. The molecule has 1 saturated carbocycles. The van der Waals surface area contributed by atoms with Gasteiger partial charge in [0.25, 0.3) is 0 Å². The fourth-order valence-electron chi connectivity index (χ4n) is 2.19. The van der Waals surface area contributed by atoms with Gasteiger partial charge in [-0.05, 0) is 31.7 Å². The summed E-state index contributed by atoms with van der Waals surface area (Å²) < 4.78 is 0. The maximum absolute atomic E-state index is 6.19. The Labute approximate surface area is 101 Å². The van der Waals surface area contributed by atoms with Crippen LogP contribution in [0, 0.1) is 12.8 Å². The molecule has 3 nitrogen and oxygen atoms in total. The van der Waals surface area contributed by atoms with Gasteiger partial charge < -0.3 is 5.73 Å². The molecule has 0 aromatic carbocycles. The molecule has 1 atom stereocenters. The summed E-state index contributed by atoms with van der Waals surface area (Å²) in [7, 11) is 0. The van der Waals surface area contributed by atoms with Gasteiger partial charge in [0.05, 0.1) is 0 Å². The summed E-state index contributed by atoms with van der Waals surface area (Å²) in [6, 6.07) is 2.22. The van der Waals surface area contributed by atoms with E-state index in [0.29, 0.717) is 6.04 Å². The predicted octanol–water partition coefficient (Wildman–Crippen LogP) is 2.39. The summed E-state index contributed by atoms with van der Waals surface area (Å²) in [5.74, 6) is 1.66. The molecule has 4 heteroatoms. The number of hydrogen-bond acceptors (Lipinski definition) is 4. The van der Waals surface area contributed by atoms with Crippen molar-refractivity contribution < 1.29 is 0 Å². The van der Waals surface area contributed by atoms with E-state index in [1.54, 1.807) is 11.8 Å². The molecule has 2 rings (SSSR count). The van der Waals surface area contributed by atoms with Crippen molar-refractivity contribution in [2.24, 2.45) is 11.7 Å². The van der Waals surface area contributed by atoms with Gasteiger partial charge in [0.1, 0.15) is 0 Å². The van der Waals surface area contributed by atoms with Crippen LogP contribution in [0.3, 0.4) is 0 Å². The molecule has 1 aromatic heterocycles. The maximum Gasteiger partial charge on any atom is 0.187 e. The van der Waals surface area contributed by atoms with Crippen molar-refractivity contribution in [3.8, 4) is 0 Å². The SMILES string of the molecule is Cc1ccnc(SCC(N)C2CCCC2)n1. The standard InChI is InChI=1S/C12H19N3S/c1-9-6-7-14-12(15-9)16-8-11(13)10-4-2-3-5-10/h6-7,10-11H,2-5,8,13H2,1H3. The summed E-state index contributed by atoms with van der Waals surface area (Å²) in [5, 5.41) is 0.855. The molecule has 1 unspecified atom stereocenters. The molecule has 88 valence electrons. The first-order chi connectivity index (χ1) is 7.75. The molecular formula is C12H19N3S. The first kappa shape index (κ1) is 11.9. The van der Waals surface area contributed by atoms with Crippen molar-refractivity contribution in [2.75, 3.05) is 5.75 Å². The van der Waals surface area contributed by atoms with Gasteiger partial charge in [-0.15, -0.1) is 0 Å². The molecule has 2 N–H and O–H groups in total. The Balaban J connectivity index is 1.82. The van der Waals surface area contributed by atoms with Gasteiger partial charge >= 0.3 is 0 Å². The van der Waals surface area contributed by atoms with Crippen LogP contribution in [0.4, 0.5) is 0 Å². The van der Waals surface area contributed by atoms with Crippen molar-refractivity contribution in [1.82, 2.24) is 9.97 Å². The van der Waals surface area contributed by atoms with Crippen LogP contribution in [0.15, 0.2) is 17.4 Å². The van der Waals surface area contributed by atoms with Gasteiger partial charge in [-0.3, -0.25) is 0 Å². The van der Waals surface area contributed by atoms with Gasteiger partial charge in [-0.2, -0.15) is 0 Å². The lowest BCUT2D eigenvalue weighted by Crippen LogP contribution is -2.30. The zero-order valence-electron chi connectivity index (χ0n) is 9.72. The minimum atomic E-state index is 0.302. The van der Waals surface area contributed by atoms with E-state index in [-0.39, 0.29) is 0 Å². The molecular weight excluding hydrogens is 218 g/mol. The highest BCUT2D eigenvalue weighted by atomic mass is 32.2. The van der Waals surface area contributed by atoms with Gasteiger partial charge in [-0.1, -0.05) is 24.6 Å². The molecule has 1 fully saturated rings. The minimum absolute atomic E-state index is 0.302. The molecule has 0 saturated heterocycles. The fraction of sp³-hybridized carbons (Fsp3) is 0.667. The van der Waals surface area contributed by atoms with Gasteiger partial charge in [0.15, 0.2) is 5.16 Å². The van der Waals surface area contributed by atoms with Gasteiger partial charge in [-0.25, -0.2) is 9.97 Å². The first-order valence-electron chi connectivity index (χ1n) is 5.94. The molecule has 0 spiro atoms. The summed E-state index contributed by atoms with van der Waals surface area (Å²) >= 11 is 1.68. The Morgan fingerprint density at radius 1 is 1.50 bits per heavy atom. The highest BCUT2D eigenvalue weighted by molar-refractivity contribution is 7.99. The molecule has 1 aliphatic rings. The number of aryl methyl sites for hydroxylation is 1. The number of nitrogens with zero attached hydrogens (tertiary/aromatic N) is 2. The third-order valence-corrected chi connectivity index (χ3v) is 4.19. The van der Waals surface area contributed by atoms with Gasteiger partial charge in [0.2, 0.25) is 0 Å². The topological polar surface area (TPSA) is 51.8 Å². The lowest BCUT2D eigenvalue weighted by molar-refractivity contribution is 0.463. The highest BCUT2D eigenvalue weighted by Gasteiger charge is 2.22. The maximum atomic E-state index is 6.19. The van der Waals surface area contributed by atoms with Crippen molar-refractivity contribution in [3.63, 3.8) is 0 Å². The van der Waals surface area contributed by atoms with E-state index in [0.717, 1.165) is 22.5 Å². The summed E-state index contributed by atoms with van der Waals surface area (Å²) in [4.78, 5) is 8.60. The highest BCUT2D eigenvalue weighted by Crippen LogP contribution is 2.29. The zero-order valence-corrected chi connectivity index (χ0v) is 10.5. The third kappa shape index (κ3) is 3.19. The Bertz CT molecular complexity index is 337. The number of nitrogens with two attached hydrogens (primary N) is 1. The van der Waals surface area contributed by atoms with Crippen LogP contribution < -0.4 is 5.73 Å². The molecule has 16 heavy (non-hydrogen) atoms. The van der Waals surface area contributed by atoms with Crippen LogP contribution in [0.2, 0.25) is 0 Å². The average molecular weight is 237 g/mol. The molecule has 1 aliphatic carbocycles. The van der Waals surface area contributed by atoms with Crippen molar-refractivity contribution >= 4 is 11.8 Å². The minimum Gasteiger partial charge on any atom is -0.327 e. The Morgan fingerprint density at radius 2 is 2.25 bits per heavy atom. The van der Waals surface area contributed by atoms with Crippen molar-refractivity contribution in [1.29, 1.82) is 0 Å². The first-order valence-corrected chi connectivity index (χ1v) is 6.92. The molecule has 0 bridgehead atoms. The van der Waals surface area contributed by atoms with Crippen LogP contribution in [0.25, 0.3) is 0 Å². The smallest absolute Gasteiger partial charge is 0.187 e. The van der Waals surface area contributed by atoms with Crippen molar-refractivity contribution in [3.05, 3.63) is 18.0 Å². The summed E-state index contributed by atoms with van der Waals surface area (Å²) in [6.45, 7) is 1.99. The molecule has 1 heterocycles. The van der Waals surface area contributed by atoms with Crippen LogP contribution in [-0.2, 0) is 0 Å². The Hall–Kier alpha value is -0.610. The Morgan fingerprint density at radius 3 is 2.94 bits per heavy atom. The molecule has 0 radical (unpaired) electrons. The zero-order chi connectivity index (χ0) is 11.4. The predicted molar refractivity (Wildman–Crippen MR) is 67.4 cm³/mol. The second-order valence-electron chi connectivity index (χ2n) is 4.50. The third-order valence-electron chi connectivity index (χ3n) is 3.18. The monoisotopic (exact) mass is 237 g/mol. The quantitative estimate of drug-likeness (QED) is 0.645. The van der Waals surface area contributed by atoms with Gasteiger partial charge in [0, 0.05) is 23.7 Å². The second-order valence-corrected chi connectivity index (χ2v) is 5.49. The largest absolute Gasteiger partial charge is 0.327 e.